The number of ketones is 1. The molecule has 7 nitrogen and oxygen atoms in total. The Kier molecular flexibility index (Phi) is 4.66. The first-order valence-corrected chi connectivity index (χ1v) is 7.70. The summed E-state index contributed by atoms with van der Waals surface area (Å²) in [6, 6.07) is 1.60. The van der Waals surface area contributed by atoms with E-state index in [0.29, 0.717) is 29.9 Å². The minimum atomic E-state index is -0.119. The monoisotopic (exact) mass is 316 g/mol. The van der Waals surface area contributed by atoms with E-state index < -0.39 is 0 Å². The van der Waals surface area contributed by atoms with Gasteiger partial charge in [-0.1, -0.05) is 0 Å². The van der Waals surface area contributed by atoms with Crippen molar-refractivity contribution in [1.29, 1.82) is 0 Å². The summed E-state index contributed by atoms with van der Waals surface area (Å²) in [4.78, 5) is 24.5. The van der Waals surface area contributed by atoms with Crippen LogP contribution >= 0.6 is 0 Å². The Morgan fingerprint density at radius 2 is 2.17 bits per heavy atom. The lowest BCUT2D eigenvalue weighted by Crippen LogP contribution is -2.21. The van der Waals surface area contributed by atoms with Crippen LogP contribution in [0, 0.1) is 5.92 Å². The number of rotatable bonds is 5. The number of hydrogen-bond donors (Lipinski definition) is 0. The zero-order valence-electron chi connectivity index (χ0n) is 13.4. The fourth-order valence-electron chi connectivity index (χ4n) is 2.48. The molecule has 3 rings (SSSR count). The molecule has 0 radical (unpaired) electrons. The quantitative estimate of drug-likeness (QED) is 0.784. The van der Waals surface area contributed by atoms with E-state index in [4.69, 9.17) is 9.47 Å². The molecule has 0 bridgehead atoms. The molecule has 0 N–H and O–H groups in total. The lowest BCUT2D eigenvalue weighted by Gasteiger charge is -2.21. The third kappa shape index (κ3) is 3.73. The van der Waals surface area contributed by atoms with Crippen LogP contribution in [0.4, 0.5) is 0 Å². The molecule has 1 aliphatic heterocycles. The number of ether oxygens (including phenoxy) is 2. The van der Waals surface area contributed by atoms with Gasteiger partial charge in [-0.2, -0.15) is 4.98 Å². The van der Waals surface area contributed by atoms with Crippen LogP contribution in [0.25, 0.3) is 11.5 Å². The molecular formula is C16H20N4O3. The Morgan fingerprint density at radius 1 is 1.39 bits per heavy atom. The highest BCUT2D eigenvalue weighted by molar-refractivity contribution is 5.92. The lowest BCUT2D eigenvalue weighted by molar-refractivity contribution is 0.0490. The molecule has 7 heteroatoms. The molecule has 0 amide bonds. The smallest absolute Gasteiger partial charge is 0.217 e. The van der Waals surface area contributed by atoms with E-state index in [1.54, 1.807) is 18.6 Å². The number of imidazole rings is 1. The van der Waals surface area contributed by atoms with Crippen LogP contribution in [0.5, 0.6) is 5.88 Å². The molecular weight excluding hydrogens is 296 g/mol. The summed E-state index contributed by atoms with van der Waals surface area (Å²) in [5, 5.41) is 0. The van der Waals surface area contributed by atoms with E-state index in [9.17, 15) is 4.79 Å². The van der Waals surface area contributed by atoms with Crippen molar-refractivity contribution in [2.45, 2.75) is 19.8 Å². The summed E-state index contributed by atoms with van der Waals surface area (Å²) in [6.45, 7) is 3.60. The second-order valence-corrected chi connectivity index (χ2v) is 5.73. The normalized spacial score (nSPS) is 15.6. The number of hydrogen-bond acceptors (Lipinski definition) is 6. The fourth-order valence-corrected chi connectivity index (χ4v) is 2.48. The Bertz CT molecular complexity index is 692. The van der Waals surface area contributed by atoms with Crippen LogP contribution in [-0.2, 0) is 11.8 Å². The van der Waals surface area contributed by atoms with Gasteiger partial charge in [-0.15, -0.1) is 0 Å². The molecule has 2 aromatic heterocycles. The molecule has 0 spiro atoms. The van der Waals surface area contributed by atoms with Gasteiger partial charge >= 0.3 is 0 Å². The minimum Gasteiger partial charge on any atom is -0.477 e. The standard InChI is InChI=1S/C16H20N4O3/c1-11(21)13-7-15(23-9-12-3-5-22-6-4-12)19-16(18-13)14-8-17-10-20(14)2/h7-8,10,12H,3-6,9H2,1-2H3. The molecule has 0 saturated carbocycles. The highest BCUT2D eigenvalue weighted by atomic mass is 16.5. The van der Waals surface area contributed by atoms with E-state index in [0.717, 1.165) is 31.7 Å². The summed E-state index contributed by atoms with van der Waals surface area (Å²) < 4.78 is 13.0. The summed E-state index contributed by atoms with van der Waals surface area (Å²) >= 11 is 0. The Hall–Kier alpha value is -2.28. The SMILES string of the molecule is CC(=O)c1cc(OCC2CCOCC2)nc(-c2cncn2C)n1. The fraction of sp³-hybridized carbons (Fsp3) is 0.500. The molecule has 0 unspecified atom stereocenters. The maximum Gasteiger partial charge on any atom is 0.217 e. The third-order valence-corrected chi connectivity index (χ3v) is 3.92. The number of carbonyl (C=O) groups is 1. The first kappa shape index (κ1) is 15.6. The molecule has 1 fully saturated rings. The summed E-state index contributed by atoms with van der Waals surface area (Å²) in [6.07, 6.45) is 5.31. The van der Waals surface area contributed by atoms with Gasteiger partial charge in [-0.25, -0.2) is 9.97 Å². The number of aryl methyl sites for hydroxylation is 1. The van der Waals surface area contributed by atoms with Gasteiger partial charge < -0.3 is 14.0 Å². The average Bonchev–Trinajstić information content (AvgIpc) is 3.00. The van der Waals surface area contributed by atoms with Gasteiger partial charge in [0.1, 0.15) is 11.4 Å². The van der Waals surface area contributed by atoms with Crippen molar-refractivity contribution in [3.8, 4) is 17.4 Å². The van der Waals surface area contributed by atoms with Gasteiger partial charge in [0, 0.05) is 33.3 Å². The molecule has 23 heavy (non-hydrogen) atoms. The molecule has 3 heterocycles. The summed E-state index contributed by atoms with van der Waals surface area (Å²) in [5.74, 6) is 1.21. The van der Waals surface area contributed by atoms with Crippen molar-refractivity contribution in [2.24, 2.45) is 13.0 Å². The second-order valence-electron chi connectivity index (χ2n) is 5.73. The number of nitrogens with zero attached hydrogens (tertiary/aromatic N) is 4. The molecule has 0 aromatic carbocycles. The minimum absolute atomic E-state index is 0.119. The second kappa shape index (κ2) is 6.87. The zero-order chi connectivity index (χ0) is 16.2. The van der Waals surface area contributed by atoms with E-state index >= 15 is 0 Å². The molecule has 1 aliphatic rings. The highest BCUT2D eigenvalue weighted by Crippen LogP contribution is 2.21. The van der Waals surface area contributed by atoms with Crippen LogP contribution < -0.4 is 4.74 Å². The zero-order valence-corrected chi connectivity index (χ0v) is 13.4. The maximum atomic E-state index is 11.7. The molecule has 122 valence electrons. The highest BCUT2D eigenvalue weighted by Gasteiger charge is 2.17. The predicted molar refractivity (Wildman–Crippen MR) is 83.3 cm³/mol. The first-order valence-electron chi connectivity index (χ1n) is 7.70. The third-order valence-electron chi connectivity index (χ3n) is 3.92. The van der Waals surface area contributed by atoms with E-state index in [-0.39, 0.29) is 5.78 Å². The number of aromatic nitrogens is 4. The summed E-state index contributed by atoms with van der Waals surface area (Å²) in [5.41, 5.74) is 1.09. The van der Waals surface area contributed by atoms with Crippen LogP contribution in [0.1, 0.15) is 30.3 Å². The molecule has 0 aliphatic carbocycles. The van der Waals surface area contributed by atoms with Crippen molar-refractivity contribution in [1.82, 2.24) is 19.5 Å². The van der Waals surface area contributed by atoms with Crippen molar-refractivity contribution < 1.29 is 14.3 Å². The molecule has 0 atom stereocenters. The Balaban J connectivity index is 1.82. The van der Waals surface area contributed by atoms with Gasteiger partial charge in [0.15, 0.2) is 11.6 Å². The van der Waals surface area contributed by atoms with Gasteiger partial charge in [-0.05, 0) is 18.8 Å². The topological polar surface area (TPSA) is 79.1 Å². The van der Waals surface area contributed by atoms with Gasteiger partial charge in [-0.3, -0.25) is 4.79 Å². The van der Waals surface area contributed by atoms with Gasteiger partial charge in [0.2, 0.25) is 5.88 Å². The average molecular weight is 316 g/mol. The van der Waals surface area contributed by atoms with Gasteiger partial charge in [0.25, 0.3) is 0 Å². The van der Waals surface area contributed by atoms with Crippen LogP contribution in [0.2, 0.25) is 0 Å². The van der Waals surface area contributed by atoms with Crippen LogP contribution in [0.15, 0.2) is 18.6 Å². The lowest BCUT2D eigenvalue weighted by atomic mass is 10.0. The maximum absolute atomic E-state index is 11.7. The van der Waals surface area contributed by atoms with E-state index in [2.05, 4.69) is 15.0 Å². The van der Waals surface area contributed by atoms with Crippen LogP contribution in [0.3, 0.4) is 0 Å². The Labute approximate surface area is 134 Å². The molecule has 2 aromatic rings. The molecule has 1 saturated heterocycles. The first-order chi connectivity index (χ1) is 11.1. The number of Topliss-reactive ketones (excluding diaryl/α,β-unsaturated/α-hetero) is 1. The van der Waals surface area contributed by atoms with E-state index in [1.165, 1.54) is 6.92 Å². The van der Waals surface area contributed by atoms with Crippen molar-refractivity contribution in [3.05, 3.63) is 24.3 Å². The Morgan fingerprint density at radius 3 is 2.83 bits per heavy atom. The largest absolute Gasteiger partial charge is 0.477 e. The predicted octanol–water partition coefficient (Wildman–Crippen LogP) is 1.89. The van der Waals surface area contributed by atoms with E-state index in [1.807, 2.05) is 11.6 Å². The van der Waals surface area contributed by atoms with Crippen molar-refractivity contribution in [2.75, 3.05) is 19.8 Å². The summed E-state index contributed by atoms with van der Waals surface area (Å²) in [7, 11) is 1.86. The van der Waals surface area contributed by atoms with Crippen molar-refractivity contribution >= 4 is 5.78 Å². The van der Waals surface area contributed by atoms with Crippen LogP contribution in [-0.4, -0.2) is 45.1 Å². The number of carbonyl (C=O) groups excluding carboxylic acids is 1. The van der Waals surface area contributed by atoms with Gasteiger partial charge in [0.05, 0.1) is 19.1 Å². The van der Waals surface area contributed by atoms with Crippen molar-refractivity contribution in [3.63, 3.8) is 0 Å².